The van der Waals surface area contributed by atoms with Crippen LogP contribution < -0.4 is 9.80 Å². The van der Waals surface area contributed by atoms with Gasteiger partial charge in [0.1, 0.15) is 6.04 Å². The normalized spacial score (nSPS) is 18.4. The van der Waals surface area contributed by atoms with E-state index in [-0.39, 0.29) is 18.5 Å². The number of phenolic OH excluding ortho intramolecular Hbond substituents is 1. The van der Waals surface area contributed by atoms with Gasteiger partial charge in [-0.2, -0.15) is 0 Å². The van der Waals surface area contributed by atoms with Gasteiger partial charge in [0.25, 0.3) is 5.91 Å². The second-order valence-corrected chi connectivity index (χ2v) is 8.52. The van der Waals surface area contributed by atoms with E-state index in [2.05, 4.69) is 9.88 Å². The number of amides is 3. The van der Waals surface area contributed by atoms with Crippen LogP contribution in [0.4, 0.5) is 20.6 Å². The second-order valence-electron chi connectivity index (χ2n) is 8.52. The van der Waals surface area contributed by atoms with E-state index in [1.165, 1.54) is 11.0 Å². The lowest BCUT2D eigenvalue weighted by Crippen LogP contribution is -2.36. The van der Waals surface area contributed by atoms with Gasteiger partial charge in [-0.15, -0.1) is 0 Å². The summed E-state index contributed by atoms with van der Waals surface area (Å²) in [5.41, 5.74) is 2.52. The maximum absolute atomic E-state index is 14.0. The van der Waals surface area contributed by atoms with E-state index < -0.39 is 29.5 Å². The van der Waals surface area contributed by atoms with Gasteiger partial charge in [0.05, 0.1) is 18.9 Å². The number of urea groups is 1. The summed E-state index contributed by atoms with van der Waals surface area (Å²) in [6, 6.07) is 13.6. The number of ether oxygens (including phenoxy) is 1. The quantitative estimate of drug-likeness (QED) is 0.550. The first-order valence-electron chi connectivity index (χ1n) is 11.5. The Balaban J connectivity index is 1.45. The molecule has 0 spiro atoms. The number of hydrogen-bond acceptors (Lipinski definition) is 6. The van der Waals surface area contributed by atoms with Gasteiger partial charge < -0.3 is 19.6 Å². The Kier molecular flexibility index (Phi) is 6.33. The summed E-state index contributed by atoms with van der Waals surface area (Å²) >= 11 is 0. The number of hydrogen-bond donors (Lipinski definition) is 1. The number of carbonyl (C=O) groups is 2. The molecule has 0 aliphatic carbocycles. The van der Waals surface area contributed by atoms with E-state index in [4.69, 9.17) is 4.74 Å². The molecular formula is C26H25FN4O4. The van der Waals surface area contributed by atoms with Gasteiger partial charge in [-0.1, -0.05) is 12.1 Å². The molecule has 35 heavy (non-hydrogen) atoms. The smallest absolute Gasteiger partial charge is 0.332 e. The van der Waals surface area contributed by atoms with Crippen LogP contribution >= 0.6 is 0 Å². The molecule has 0 bridgehead atoms. The lowest BCUT2D eigenvalue weighted by molar-refractivity contribution is -0.119. The number of carbonyl (C=O) groups excluding carboxylic acids is 2. The number of morpholine rings is 1. The fraction of sp³-hybridized carbons (Fsp3) is 0.269. The van der Waals surface area contributed by atoms with Crippen LogP contribution in [0.2, 0.25) is 0 Å². The van der Waals surface area contributed by atoms with Gasteiger partial charge in [0, 0.05) is 44.1 Å². The number of rotatable bonds is 6. The molecule has 1 unspecified atom stereocenters. The molecule has 3 amide bonds. The number of para-hydroxylation sites is 1. The first kappa shape index (κ1) is 22.8. The Labute approximate surface area is 202 Å². The van der Waals surface area contributed by atoms with Crippen molar-refractivity contribution in [3.63, 3.8) is 0 Å². The van der Waals surface area contributed by atoms with E-state index in [1.54, 1.807) is 42.7 Å². The Hall–Kier alpha value is -3.98. The third-order valence-electron chi connectivity index (χ3n) is 6.39. The van der Waals surface area contributed by atoms with Crippen molar-refractivity contribution in [3.05, 3.63) is 83.9 Å². The molecule has 1 aromatic heterocycles. The monoisotopic (exact) mass is 476 g/mol. The summed E-state index contributed by atoms with van der Waals surface area (Å²) in [5, 5.41) is 10.2. The first-order valence-corrected chi connectivity index (χ1v) is 11.5. The molecule has 2 saturated heterocycles. The van der Waals surface area contributed by atoms with Crippen LogP contribution in [-0.2, 0) is 22.5 Å². The summed E-state index contributed by atoms with van der Waals surface area (Å²) in [6.07, 6.45) is 3.22. The van der Waals surface area contributed by atoms with Crippen molar-refractivity contribution >= 4 is 23.3 Å². The zero-order valence-electron chi connectivity index (χ0n) is 19.0. The number of aromatic hydroxyl groups is 1. The van der Waals surface area contributed by atoms with Crippen LogP contribution in [0, 0.1) is 5.82 Å². The molecule has 2 fully saturated rings. The van der Waals surface area contributed by atoms with E-state index in [0.717, 1.165) is 35.3 Å². The molecule has 2 aromatic carbocycles. The standard InChI is InChI=1S/C26H25FN4O4/c27-22-3-1-2-19(24(22)32)16-23-25(33)31(26(34)30(23)17-18-8-10-28-11-9-18)21-6-4-20(5-7-21)29-12-14-35-15-13-29/h1-11,23,32H,12-17H2. The van der Waals surface area contributed by atoms with Gasteiger partial charge >= 0.3 is 6.03 Å². The zero-order chi connectivity index (χ0) is 24.4. The molecule has 1 N–H and O–H groups in total. The Morgan fingerprint density at radius 3 is 2.37 bits per heavy atom. The lowest BCUT2D eigenvalue weighted by Gasteiger charge is -2.29. The highest BCUT2D eigenvalue weighted by Gasteiger charge is 2.46. The van der Waals surface area contributed by atoms with Gasteiger partial charge in [-0.3, -0.25) is 9.78 Å². The number of imide groups is 1. The highest BCUT2D eigenvalue weighted by Crippen LogP contribution is 2.32. The average Bonchev–Trinajstić information content (AvgIpc) is 3.12. The summed E-state index contributed by atoms with van der Waals surface area (Å²) in [6.45, 7) is 3.04. The van der Waals surface area contributed by atoms with E-state index in [9.17, 15) is 19.1 Å². The fourth-order valence-corrected chi connectivity index (χ4v) is 4.50. The van der Waals surface area contributed by atoms with Crippen LogP contribution in [0.15, 0.2) is 67.0 Å². The van der Waals surface area contributed by atoms with Gasteiger partial charge in [0.15, 0.2) is 11.6 Å². The molecule has 0 radical (unpaired) electrons. The highest BCUT2D eigenvalue weighted by molar-refractivity contribution is 6.21. The molecule has 180 valence electrons. The van der Waals surface area contributed by atoms with E-state index in [1.807, 2.05) is 12.1 Å². The largest absolute Gasteiger partial charge is 0.505 e. The lowest BCUT2D eigenvalue weighted by atomic mass is 10.0. The summed E-state index contributed by atoms with van der Waals surface area (Å²) in [7, 11) is 0. The third-order valence-corrected chi connectivity index (χ3v) is 6.39. The van der Waals surface area contributed by atoms with E-state index >= 15 is 0 Å². The molecule has 3 heterocycles. The number of halogens is 1. The van der Waals surface area contributed by atoms with Crippen LogP contribution in [0.25, 0.3) is 0 Å². The molecule has 2 aliphatic rings. The highest BCUT2D eigenvalue weighted by atomic mass is 19.1. The maximum Gasteiger partial charge on any atom is 0.332 e. The Morgan fingerprint density at radius 1 is 0.971 bits per heavy atom. The number of anilines is 2. The summed E-state index contributed by atoms with van der Waals surface area (Å²) in [5.74, 6) is -1.70. The van der Waals surface area contributed by atoms with Crippen molar-refractivity contribution in [2.45, 2.75) is 19.0 Å². The molecule has 8 nitrogen and oxygen atoms in total. The van der Waals surface area contributed by atoms with Crippen molar-refractivity contribution < 1.29 is 23.8 Å². The van der Waals surface area contributed by atoms with E-state index in [0.29, 0.717) is 18.9 Å². The number of pyridine rings is 1. The molecule has 5 rings (SSSR count). The number of nitrogens with zero attached hydrogens (tertiary/aromatic N) is 4. The molecular weight excluding hydrogens is 451 g/mol. The fourth-order valence-electron chi connectivity index (χ4n) is 4.50. The SMILES string of the molecule is O=C1C(Cc2cccc(F)c2O)N(Cc2ccncc2)C(=O)N1c1ccc(N2CCOCC2)cc1. The van der Waals surface area contributed by atoms with Crippen LogP contribution in [0.3, 0.4) is 0 Å². The predicted octanol–water partition coefficient (Wildman–Crippen LogP) is 3.34. The second kappa shape index (κ2) is 9.71. The van der Waals surface area contributed by atoms with Crippen molar-refractivity contribution in [3.8, 4) is 5.75 Å². The molecule has 2 aliphatic heterocycles. The first-order chi connectivity index (χ1) is 17.0. The van der Waals surface area contributed by atoms with Crippen molar-refractivity contribution in [1.29, 1.82) is 0 Å². The molecule has 3 aromatic rings. The maximum atomic E-state index is 14.0. The summed E-state index contributed by atoms with van der Waals surface area (Å²) in [4.78, 5) is 35.9. The minimum Gasteiger partial charge on any atom is -0.505 e. The van der Waals surface area contributed by atoms with Gasteiger partial charge in [0.2, 0.25) is 0 Å². The zero-order valence-corrected chi connectivity index (χ0v) is 19.0. The minimum atomic E-state index is -0.901. The topological polar surface area (TPSA) is 86.2 Å². The number of benzene rings is 2. The molecule has 9 heteroatoms. The van der Waals surface area contributed by atoms with Crippen LogP contribution in [0.1, 0.15) is 11.1 Å². The molecule has 0 saturated carbocycles. The average molecular weight is 477 g/mol. The van der Waals surface area contributed by atoms with Crippen molar-refractivity contribution in [2.75, 3.05) is 36.1 Å². The van der Waals surface area contributed by atoms with Crippen molar-refractivity contribution in [2.24, 2.45) is 0 Å². The Bertz CT molecular complexity index is 1220. The number of phenols is 1. The van der Waals surface area contributed by atoms with Crippen LogP contribution in [0.5, 0.6) is 5.75 Å². The van der Waals surface area contributed by atoms with Crippen LogP contribution in [-0.4, -0.2) is 59.3 Å². The minimum absolute atomic E-state index is 0.0123. The van der Waals surface area contributed by atoms with Crippen molar-refractivity contribution in [1.82, 2.24) is 9.88 Å². The predicted molar refractivity (Wildman–Crippen MR) is 128 cm³/mol. The van der Waals surface area contributed by atoms with Gasteiger partial charge in [-0.25, -0.2) is 14.1 Å². The Morgan fingerprint density at radius 2 is 1.66 bits per heavy atom. The summed E-state index contributed by atoms with van der Waals surface area (Å²) < 4.78 is 19.4. The number of aromatic nitrogens is 1. The third kappa shape index (κ3) is 4.54. The van der Waals surface area contributed by atoms with Gasteiger partial charge in [-0.05, 0) is 53.6 Å². The molecule has 1 atom stereocenters.